The summed E-state index contributed by atoms with van der Waals surface area (Å²) in [6, 6.07) is 0. The molecule has 3 fully saturated rings. The van der Waals surface area contributed by atoms with Crippen molar-refractivity contribution in [2.45, 2.75) is 208 Å². The molecule has 4 aliphatic carbocycles. The maximum absolute atomic E-state index is 12.6. The number of carbonyl (C=O) groups excluding carboxylic acids is 1. The van der Waals surface area contributed by atoms with Gasteiger partial charge in [0.15, 0.2) is 0 Å². The standard InChI is InChI=1S/C46H80O3/c1-7-8-9-10-11-12-13-14-15-16-17-18-19-20-21-22-34-48-44(47)49-39-30-32-45(5)38(35-39)26-27-40-42-29-28-41(37(4)25-23-24-36(2)3)46(42,6)33-31-43(40)45/h14-15,26,36-37,39-43H,7-13,16-25,27-35H2,1-6H3/t37-,39?,40+,41-,42+,43+,45+,46-/m1/s1. The van der Waals surface area contributed by atoms with Gasteiger partial charge in [-0.15, -0.1) is 0 Å². The lowest BCUT2D eigenvalue weighted by atomic mass is 9.47. The van der Waals surface area contributed by atoms with Crippen molar-refractivity contribution < 1.29 is 14.3 Å². The van der Waals surface area contributed by atoms with Crippen molar-refractivity contribution in [2.75, 3.05) is 6.61 Å². The molecule has 0 spiro atoms. The summed E-state index contributed by atoms with van der Waals surface area (Å²) in [7, 11) is 0. The van der Waals surface area contributed by atoms with E-state index in [1.54, 1.807) is 5.57 Å². The summed E-state index contributed by atoms with van der Waals surface area (Å²) >= 11 is 0. The molecule has 0 amide bonds. The topological polar surface area (TPSA) is 35.5 Å². The van der Waals surface area contributed by atoms with Gasteiger partial charge in [-0.05, 0) is 123 Å². The minimum Gasteiger partial charge on any atom is -0.434 e. The minimum atomic E-state index is -0.441. The van der Waals surface area contributed by atoms with E-state index in [-0.39, 0.29) is 6.10 Å². The van der Waals surface area contributed by atoms with Gasteiger partial charge >= 0.3 is 6.16 Å². The molecule has 0 aromatic rings. The van der Waals surface area contributed by atoms with Crippen LogP contribution in [0.5, 0.6) is 0 Å². The maximum Gasteiger partial charge on any atom is 0.508 e. The third-order valence-corrected chi connectivity index (χ3v) is 14.4. The lowest BCUT2D eigenvalue weighted by Gasteiger charge is -2.58. The van der Waals surface area contributed by atoms with E-state index < -0.39 is 6.16 Å². The number of unbranched alkanes of at least 4 members (excludes halogenated alkanes) is 12. The van der Waals surface area contributed by atoms with Crippen LogP contribution in [0.1, 0.15) is 202 Å². The largest absolute Gasteiger partial charge is 0.508 e. The summed E-state index contributed by atoms with van der Waals surface area (Å²) in [5, 5.41) is 0. The summed E-state index contributed by atoms with van der Waals surface area (Å²) in [6.45, 7) is 15.4. The van der Waals surface area contributed by atoms with E-state index in [4.69, 9.17) is 9.47 Å². The van der Waals surface area contributed by atoms with E-state index in [1.165, 1.54) is 128 Å². The van der Waals surface area contributed by atoms with Crippen LogP contribution in [0.15, 0.2) is 23.8 Å². The zero-order valence-corrected chi connectivity index (χ0v) is 33.4. The van der Waals surface area contributed by atoms with Crippen LogP contribution in [-0.4, -0.2) is 18.9 Å². The summed E-state index contributed by atoms with van der Waals surface area (Å²) < 4.78 is 11.5. The SMILES string of the molecule is CCCCCCCCC=CCCCCCCCCOC(=O)OC1CC[C@@]2(C)C(=CC[C@H]3[C@@H]4CC[C@H]([C@H](C)CCCC(C)C)[C@@]4(C)CC[C@@H]32)C1. The van der Waals surface area contributed by atoms with Crippen LogP contribution in [0.2, 0.25) is 0 Å². The van der Waals surface area contributed by atoms with Crippen LogP contribution in [0.3, 0.4) is 0 Å². The number of hydrogen-bond acceptors (Lipinski definition) is 3. The van der Waals surface area contributed by atoms with Crippen molar-refractivity contribution in [3.63, 3.8) is 0 Å². The van der Waals surface area contributed by atoms with Crippen molar-refractivity contribution >= 4 is 6.16 Å². The Labute approximate surface area is 304 Å². The van der Waals surface area contributed by atoms with E-state index in [9.17, 15) is 4.79 Å². The first kappa shape index (κ1) is 40.5. The van der Waals surface area contributed by atoms with Crippen LogP contribution in [0.4, 0.5) is 4.79 Å². The summed E-state index contributed by atoms with van der Waals surface area (Å²) in [5.41, 5.74) is 2.42. The van der Waals surface area contributed by atoms with Gasteiger partial charge in [0.25, 0.3) is 0 Å². The van der Waals surface area contributed by atoms with Gasteiger partial charge in [0.1, 0.15) is 6.10 Å². The molecule has 0 radical (unpaired) electrons. The first-order valence-electron chi connectivity index (χ1n) is 21.9. The Kier molecular flexibility index (Phi) is 17.1. The Balaban J connectivity index is 1.08. The zero-order chi connectivity index (χ0) is 35.1. The molecule has 3 saturated carbocycles. The Morgan fingerprint density at radius 3 is 2.16 bits per heavy atom. The second-order valence-electron chi connectivity index (χ2n) is 18.3. The van der Waals surface area contributed by atoms with Gasteiger partial charge in [-0.3, -0.25) is 0 Å². The van der Waals surface area contributed by atoms with Crippen molar-refractivity contribution in [1.82, 2.24) is 0 Å². The van der Waals surface area contributed by atoms with E-state index in [0.717, 1.165) is 67.6 Å². The Morgan fingerprint density at radius 1 is 0.796 bits per heavy atom. The first-order chi connectivity index (χ1) is 23.7. The molecular formula is C46H80O3. The van der Waals surface area contributed by atoms with E-state index >= 15 is 0 Å². The highest BCUT2D eigenvalue weighted by atomic mass is 16.7. The van der Waals surface area contributed by atoms with E-state index in [1.807, 2.05) is 0 Å². The fourth-order valence-electron chi connectivity index (χ4n) is 11.4. The molecule has 0 bridgehead atoms. The molecule has 8 atom stereocenters. The molecule has 1 unspecified atom stereocenters. The van der Waals surface area contributed by atoms with Gasteiger partial charge in [-0.2, -0.15) is 0 Å². The molecule has 0 aromatic carbocycles. The molecule has 0 saturated heterocycles. The van der Waals surface area contributed by atoms with Gasteiger partial charge in [0.2, 0.25) is 0 Å². The minimum absolute atomic E-state index is 0.0142. The van der Waals surface area contributed by atoms with Crippen LogP contribution < -0.4 is 0 Å². The molecule has 4 aliphatic rings. The number of fused-ring (bicyclic) bond motifs is 5. The molecule has 0 aliphatic heterocycles. The number of hydrogen-bond donors (Lipinski definition) is 0. The Bertz CT molecular complexity index is 1010. The van der Waals surface area contributed by atoms with Crippen LogP contribution in [0, 0.1) is 46.3 Å². The monoisotopic (exact) mass is 681 g/mol. The predicted octanol–water partition coefficient (Wildman–Crippen LogP) is 14.6. The smallest absolute Gasteiger partial charge is 0.434 e. The molecule has 49 heavy (non-hydrogen) atoms. The fraction of sp³-hybridized carbons (Fsp3) is 0.891. The van der Waals surface area contributed by atoms with Gasteiger partial charge in [-0.25, -0.2) is 4.79 Å². The maximum atomic E-state index is 12.6. The number of rotatable bonds is 22. The van der Waals surface area contributed by atoms with Crippen molar-refractivity contribution in [2.24, 2.45) is 46.3 Å². The van der Waals surface area contributed by atoms with Gasteiger partial charge < -0.3 is 9.47 Å². The van der Waals surface area contributed by atoms with Crippen molar-refractivity contribution in [1.29, 1.82) is 0 Å². The normalized spacial score (nSPS) is 31.7. The highest BCUT2D eigenvalue weighted by molar-refractivity contribution is 5.60. The Hall–Kier alpha value is -1.25. The summed E-state index contributed by atoms with van der Waals surface area (Å²) in [6.07, 6.45) is 39.2. The average Bonchev–Trinajstić information content (AvgIpc) is 3.43. The van der Waals surface area contributed by atoms with Crippen molar-refractivity contribution in [3.05, 3.63) is 23.8 Å². The van der Waals surface area contributed by atoms with Gasteiger partial charge in [0.05, 0.1) is 6.61 Å². The van der Waals surface area contributed by atoms with Crippen LogP contribution in [-0.2, 0) is 9.47 Å². The average molecular weight is 681 g/mol. The summed E-state index contributed by atoms with van der Waals surface area (Å²) in [4.78, 5) is 12.6. The molecule has 0 N–H and O–H groups in total. The molecular weight excluding hydrogens is 601 g/mol. The van der Waals surface area contributed by atoms with E-state index in [0.29, 0.717) is 17.4 Å². The molecule has 282 valence electrons. The van der Waals surface area contributed by atoms with Gasteiger partial charge in [-0.1, -0.05) is 142 Å². The first-order valence-corrected chi connectivity index (χ1v) is 21.9. The third-order valence-electron chi connectivity index (χ3n) is 14.4. The third kappa shape index (κ3) is 11.6. The second-order valence-corrected chi connectivity index (χ2v) is 18.3. The van der Waals surface area contributed by atoms with Crippen molar-refractivity contribution in [3.8, 4) is 0 Å². The molecule has 3 heteroatoms. The second kappa shape index (κ2) is 20.7. The fourth-order valence-corrected chi connectivity index (χ4v) is 11.4. The molecule has 3 nitrogen and oxygen atoms in total. The predicted molar refractivity (Wildman–Crippen MR) is 209 cm³/mol. The highest BCUT2D eigenvalue weighted by Crippen LogP contribution is 2.67. The lowest BCUT2D eigenvalue weighted by Crippen LogP contribution is -2.51. The summed E-state index contributed by atoms with van der Waals surface area (Å²) in [5.74, 6) is 5.15. The quantitative estimate of drug-likeness (QED) is 0.0648. The lowest BCUT2D eigenvalue weighted by molar-refractivity contribution is -0.0617. The van der Waals surface area contributed by atoms with E-state index in [2.05, 4.69) is 59.8 Å². The molecule has 0 aromatic heterocycles. The van der Waals surface area contributed by atoms with Crippen LogP contribution >= 0.6 is 0 Å². The Morgan fingerprint density at radius 2 is 1.47 bits per heavy atom. The highest BCUT2D eigenvalue weighted by Gasteiger charge is 2.59. The number of carbonyl (C=O) groups is 1. The van der Waals surface area contributed by atoms with Crippen LogP contribution in [0.25, 0.3) is 0 Å². The number of ether oxygens (including phenoxy) is 2. The number of allylic oxidation sites excluding steroid dienone is 3. The zero-order valence-electron chi connectivity index (χ0n) is 33.4. The molecule has 4 rings (SSSR count). The van der Waals surface area contributed by atoms with Gasteiger partial charge in [0, 0.05) is 6.42 Å². The molecule has 0 heterocycles.